The number of methoxy groups -OCH3 is 1. The van der Waals surface area contributed by atoms with Crippen molar-refractivity contribution in [3.05, 3.63) is 58.6 Å². The molecule has 1 aromatic heterocycles. The van der Waals surface area contributed by atoms with E-state index in [0.29, 0.717) is 10.4 Å². The standard InChI is InChI=1S/C19H17FN2O5S2/c1-22-15-8-3-12(18(24)27-2)11-16(15)28-19(22)21-17(23)9-10-29(25,26)14-6-4-13(20)5-7-14/h3-8,11H,9-10H2,1-2H3. The Kier molecular flexibility index (Phi) is 5.94. The van der Waals surface area contributed by atoms with Gasteiger partial charge in [0.25, 0.3) is 0 Å². The van der Waals surface area contributed by atoms with E-state index >= 15 is 0 Å². The van der Waals surface area contributed by atoms with Gasteiger partial charge >= 0.3 is 5.97 Å². The highest BCUT2D eigenvalue weighted by molar-refractivity contribution is 7.91. The Balaban J connectivity index is 1.81. The maximum absolute atomic E-state index is 13.0. The number of hydrogen-bond donors (Lipinski definition) is 0. The summed E-state index contributed by atoms with van der Waals surface area (Å²) in [6.45, 7) is 0. The number of nitrogens with zero attached hydrogens (tertiary/aromatic N) is 2. The van der Waals surface area contributed by atoms with Crippen LogP contribution in [0, 0.1) is 5.82 Å². The van der Waals surface area contributed by atoms with E-state index < -0.39 is 33.3 Å². The lowest BCUT2D eigenvalue weighted by atomic mass is 10.2. The summed E-state index contributed by atoms with van der Waals surface area (Å²) in [4.78, 5) is 28.2. The summed E-state index contributed by atoms with van der Waals surface area (Å²) >= 11 is 1.20. The van der Waals surface area contributed by atoms with Crippen LogP contribution in [0.1, 0.15) is 16.8 Å². The molecule has 0 aliphatic carbocycles. The number of ether oxygens (including phenoxy) is 1. The number of aryl methyl sites for hydroxylation is 1. The van der Waals surface area contributed by atoms with Crippen LogP contribution in [-0.4, -0.2) is 37.7 Å². The summed E-state index contributed by atoms with van der Waals surface area (Å²) in [5.74, 6) is -2.03. The average Bonchev–Trinajstić information content (AvgIpc) is 3.01. The number of carbonyl (C=O) groups excluding carboxylic acids is 2. The molecule has 7 nitrogen and oxygen atoms in total. The van der Waals surface area contributed by atoms with Gasteiger partial charge in [0.15, 0.2) is 14.6 Å². The van der Waals surface area contributed by atoms with Crippen LogP contribution >= 0.6 is 11.3 Å². The number of hydrogen-bond acceptors (Lipinski definition) is 6. The van der Waals surface area contributed by atoms with Crippen molar-refractivity contribution in [3.63, 3.8) is 0 Å². The van der Waals surface area contributed by atoms with Crippen LogP contribution in [0.4, 0.5) is 4.39 Å². The third-order valence-electron chi connectivity index (χ3n) is 4.21. The second kappa shape index (κ2) is 8.26. The van der Waals surface area contributed by atoms with Crippen LogP contribution < -0.4 is 4.80 Å². The number of amides is 1. The number of carbonyl (C=O) groups is 2. The lowest BCUT2D eigenvalue weighted by Crippen LogP contribution is -2.16. The Morgan fingerprint density at radius 3 is 2.52 bits per heavy atom. The molecule has 0 atom stereocenters. The van der Waals surface area contributed by atoms with Gasteiger partial charge in [-0.05, 0) is 42.5 Å². The molecule has 0 unspecified atom stereocenters. The van der Waals surface area contributed by atoms with Gasteiger partial charge in [0, 0.05) is 13.5 Å². The summed E-state index contributed by atoms with van der Waals surface area (Å²) in [5, 5.41) is 0. The molecule has 3 rings (SSSR count). The van der Waals surface area contributed by atoms with Crippen LogP contribution in [0.5, 0.6) is 0 Å². The van der Waals surface area contributed by atoms with Crippen molar-refractivity contribution in [2.75, 3.05) is 12.9 Å². The molecule has 0 saturated carbocycles. The Morgan fingerprint density at radius 1 is 1.17 bits per heavy atom. The predicted octanol–water partition coefficient (Wildman–Crippen LogP) is 2.46. The molecule has 1 heterocycles. The predicted molar refractivity (Wildman–Crippen MR) is 106 cm³/mol. The lowest BCUT2D eigenvalue weighted by molar-refractivity contribution is -0.117. The van der Waals surface area contributed by atoms with Crippen molar-refractivity contribution in [2.45, 2.75) is 11.3 Å². The van der Waals surface area contributed by atoms with Gasteiger partial charge in [-0.1, -0.05) is 11.3 Å². The van der Waals surface area contributed by atoms with Gasteiger partial charge in [0.1, 0.15) is 5.82 Å². The monoisotopic (exact) mass is 436 g/mol. The first-order valence-corrected chi connectivity index (χ1v) is 10.9. The number of rotatable bonds is 5. The van der Waals surface area contributed by atoms with Crippen molar-refractivity contribution in [2.24, 2.45) is 12.0 Å². The van der Waals surface area contributed by atoms with Crippen molar-refractivity contribution in [1.82, 2.24) is 4.57 Å². The molecule has 0 radical (unpaired) electrons. The van der Waals surface area contributed by atoms with Crippen LogP contribution in [0.25, 0.3) is 10.2 Å². The quantitative estimate of drug-likeness (QED) is 0.452. The van der Waals surface area contributed by atoms with E-state index in [1.807, 2.05) is 0 Å². The number of halogens is 1. The Labute approximate surface area is 170 Å². The highest BCUT2D eigenvalue weighted by Gasteiger charge is 2.17. The van der Waals surface area contributed by atoms with Gasteiger partial charge in [-0.3, -0.25) is 4.79 Å². The van der Waals surface area contributed by atoms with Crippen molar-refractivity contribution in [3.8, 4) is 0 Å². The topological polar surface area (TPSA) is 94.8 Å². The maximum atomic E-state index is 13.0. The minimum absolute atomic E-state index is 0.0468. The number of aromatic nitrogens is 1. The summed E-state index contributed by atoms with van der Waals surface area (Å²) in [6.07, 6.45) is -0.304. The van der Waals surface area contributed by atoms with Gasteiger partial charge in [0.05, 0.1) is 33.5 Å². The molecule has 0 fully saturated rings. The third-order valence-corrected chi connectivity index (χ3v) is 7.03. The second-order valence-corrected chi connectivity index (χ2v) is 9.26. The summed E-state index contributed by atoms with van der Waals surface area (Å²) in [7, 11) is -0.707. The lowest BCUT2D eigenvalue weighted by Gasteiger charge is -2.02. The fourth-order valence-electron chi connectivity index (χ4n) is 2.63. The fraction of sp³-hybridized carbons (Fsp3) is 0.211. The molecule has 0 N–H and O–H groups in total. The number of sulfone groups is 1. The first-order valence-electron chi connectivity index (χ1n) is 8.45. The zero-order chi connectivity index (χ0) is 21.2. The van der Waals surface area contributed by atoms with Gasteiger partial charge in [0.2, 0.25) is 5.91 Å². The van der Waals surface area contributed by atoms with Crippen LogP contribution in [0.2, 0.25) is 0 Å². The Hall–Kier alpha value is -2.85. The van der Waals surface area contributed by atoms with Gasteiger partial charge in [-0.15, -0.1) is 0 Å². The van der Waals surface area contributed by atoms with Crippen LogP contribution in [-0.2, 0) is 26.4 Å². The van der Waals surface area contributed by atoms with Crippen LogP contribution in [0.15, 0.2) is 52.4 Å². The number of fused-ring (bicyclic) bond motifs is 1. The SMILES string of the molecule is COC(=O)c1ccc2c(c1)sc(=NC(=O)CCS(=O)(=O)c1ccc(F)cc1)n2C. The fourth-order valence-corrected chi connectivity index (χ4v) is 4.93. The van der Waals surface area contributed by atoms with E-state index in [0.717, 1.165) is 34.5 Å². The van der Waals surface area contributed by atoms with Crippen molar-refractivity contribution < 1.29 is 27.1 Å². The highest BCUT2D eigenvalue weighted by atomic mass is 32.2. The highest BCUT2D eigenvalue weighted by Crippen LogP contribution is 2.19. The Bertz CT molecular complexity index is 1260. The molecule has 1 amide bonds. The second-order valence-electron chi connectivity index (χ2n) is 6.15. The van der Waals surface area contributed by atoms with Gasteiger partial charge < -0.3 is 9.30 Å². The molecule has 0 aliphatic heterocycles. The molecule has 3 aromatic rings. The van der Waals surface area contributed by atoms with Crippen molar-refractivity contribution in [1.29, 1.82) is 0 Å². The van der Waals surface area contributed by atoms with Crippen molar-refractivity contribution >= 4 is 43.3 Å². The van der Waals surface area contributed by atoms with Gasteiger partial charge in [-0.2, -0.15) is 4.99 Å². The van der Waals surface area contributed by atoms with Crippen LogP contribution in [0.3, 0.4) is 0 Å². The smallest absolute Gasteiger partial charge is 0.337 e. The molecular weight excluding hydrogens is 419 g/mol. The molecule has 0 aliphatic rings. The largest absolute Gasteiger partial charge is 0.465 e. The third kappa shape index (κ3) is 4.60. The number of thiazole rings is 1. The summed E-state index contributed by atoms with van der Waals surface area (Å²) < 4.78 is 44.6. The van der Waals surface area contributed by atoms with E-state index in [1.54, 1.807) is 29.8 Å². The van der Waals surface area contributed by atoms with E-state index in [1.165, 1.54) is 18.4 Å². The normalized spacial score (nSPS) is 12.3. The molecule has 0 spiro atoms. The molecular formula is C19H17FN2O5S2. The average molecular weight is 436 g/mol. The van der Waals surface area contributed by atoms with Gasteiger partial charge in [-0.25, -0.2) is 17.6 Å². The number of esters is 1. The Morgan fingerprint density at radius 2 is 1.86 bits per heavy atom. The van der Waals surface area contributed by atoms with E-state index in [-0.39, 0.29) is 11.3 Å². The van der Waals surface area contributed by atoms with E-state index in [9.17, 15) is 22.4 Å². The zero-order valence-electron chi connectivity index (χ0n) is 15.6. The maximum Gasteiger partial charge on any atom is 0.337 e. The molecule has 10 heteroatoms. The molecule has 152 valence electrons. The number of benzene rings is 2. The molecule has 0 bridgehead atoms. The minimum Gasteiger partial charge on any atom is -0.465 e. The van der Waals surface area contributed by atoms with E-state index in [4.69, 9.17) is 4.74 Å². The zero-order valence-corrected chi connectivity index (χ0v) is 17.2. The van der Waals surface area contributed by atoms with E-state index in [2.05, 4.69) is 4.99 Å². The molecule has 2 aromatic carbocycles. The minimum atomic E-state index is -3.72. The first-order chi connectivity index (χ1) is 13.7. The molecule has 0 saturated heterocycles. The summed E-state index contributed by atoms with van der Waals surface area (Å²) in [6, 6.07) is 9.42. The summed E-state index contributed by atoms with van der Waals surface area (Å²) in [5.41, 5.74) is 1.15. The molecule has 29 heavy (non-hydrogen) atoms. The first kappa shape index (κ1) is 20.9.